The Morgan fingerprint density at radius 2 is 1.70 bits per heavy atom. The maximum atomic E-state index is 14.2. The predicted octanol–water partition coefficient (Wildman–Crippen LogP) is 5.17. The Kier molecular flexibility index (Phi) is 9.55. The molecule has 5 rings (SSSR count). The third-order valence-electron chi connectivity index (χ3n) is 7.06. The molecule has 3 aromatic carbocycles. The van der Waals surface area contributed by atoms with Gasteiger partial charge in [0.2, 0.25) is 0 Å². The zero-order valence-electron chi connectivity index (χ0n) is 24.9. The number of thiazole rings is 1. The highest BCUT2D eigenvalue weighted by Gasteiger charge is 2.35. The maximum absolute atomic E-state index is 14.2. The van der Waals surface area contributed by atoms with Crippen molar-refractivity contribution >= 4 is 39.3 Å². The van der Waals surface area contributed by atoms with Gasteiger partial charge in [-0.1, -0.05) is 69.7 Å². The Morgan fingerprint density at radius 1 is 1.00 bits per heavy atom. The summed E-state index contributed by atoms with van der Waals surface area (Å²) < 4.78 is 30.8. The minimum absolute atomic E-state index is 0.168. The first kappa shape index (κ1) is 31.1. The number of benzene rings is 3. The van der Waals surface area contributed by atoms with Crippen LogP contribution in [-0.4, -0.2) is 38.5 Å². The van der Waals surface area contributed by atoms with Crippen molar-refractivity contribution in [2.75, 3.05) is 27.9 Å². The summed E-state index contributed by atoms with van der Waals surface area (Å²) >= 11 is 4.85. The van der Waals surface area contributed by atoms with Gasteiger partial charge in [-0.3, -0.25) is 9.36 Å². The van der Waals surface area contributed by atoms with Crippen molar-refractivity contribution in [2.24, 2.45) is 4.99 Å². The third kappa shape index (κ3) is 6.02. The number of methoxy groups -OCH3 is 3. The van der Waals surface area contributed by atoms with Crippen LogP contribution in [0.3, 0.4) is 0 Å². The van der Waals surface area contributed by atoms with Crippen molar-refractivity contribution in [1.82, 2.24) is 4.57 Å². The first-order valence-electron chi connectivity index (χ1n) is 13.8. The molecule has 1 aliphatic rings. The van der Waals surface area contributed by atoms with Crippen molar-refractivity contribution in [1.29, 1.82) is 0 Å². The summed E-state index contributed by atoms with van der Waals surface area (Å²) in [6.45, 7) is 3.96. The Hall–Kier alpha value is -4.35. The van der Waals surface area contributed by atoms with E-state index in [1.807, 2.05) is 48.5 Å². The number of halogens is 1. The molecule has 0 saturated heterocycles. The standard InChI is InChI=1S/C33H31BrN2O7S/c1-6-42-32(38)28-19(2)35-33-36(29(28)22-16-25(40-4)26(41-5)17-23(22)34)31(37)27(44-33)15-21-13-10-14-24(39-3)30(21)43-18-20-11-8-7-9-12-20/h7-17,29H,6,18H2,1-5H3/b27-15-/t29-/m1/s1. The topological polar surface area (TPSA) is 97.6 Å². The molecule has 0 unspecified atom stereocenters. The van der Waals surface area contributed by atoms with Crippen LogP contribution in [0.15, 0.2) is 86.2 Å². The summed E-state index contributed by atoms with van der Waals surface area (Å²) in [4.78, 5) is 32.7. The molecule has 1 aliphatic heterocycles. The van der Waals surface area contributed by atoms with Crippen LogP contribution in [0.1, 0.15) is 36.6 Å². The smallest absolute Gasteiger partial charge is 0.338 e. The van der Waals surface area contributed by atoms with E-state index in [4.69, 9.17) is 23.7 Å². The number of nitrogens with zero attached hydrogens (tertiary/aromatic N) is 2. The van der Waals surface area contributed by atoms with Crippen LogP contribution in [0, 0.1) is 0 Å². The molecular weight excluding hydrogens is 648 g/mol. The zero-order valence-corrected chi connectivity index (χ0v) is 27.3. The summed E-state index contributed by atoms with van der Waals surface area (Å²) in [6, 6.07) is 17.9. The number of ether oxygens (including phenoxy) is 5. The Balaban J connectivity index is 1.70. The number of carbonyl (C=O) groups excluding carboxylic acids is 1. The molecule has 9 nitrogen and oxygen atoms in total. The summed E-state index contributed by atoms with van der Waals surface area (Å²) in [5.41, 5.74) is 2.65. The highest BCUT2D eigenvalue weighted by molar-refractivity contribution is 9.10. The van der Waals surface area contributed by atoms with E-state index in [1.54, 1.807) is 39.2 Å². The van der Waals surface area contributed by atoms with E-state index in [0.717, 1.165) is 5.56 Å². The molecular formula is C33H31BrN2O7S. The van der Waals surface area contributed by atoms with Gasteiger partial charge in [-0.15, -0.1) is 0 Å². The van der Waals surface area contributed by atoms with Gasteiger partial charge < -0.3 is 23.7 Å². The largest absolute Gasteiger partial charge is 0.493 e. The number of hydrogen-bond donors (Lipinski definition) is 0. The van der Waals surface area contributed by atoms with E-state index in [-0.39, 0.29) is 17.7 Å². The fourth-order valence-corrected chi connectivity index (χ4v) is 6.57. The van der Waals surface area contributed by atoms with Crippen LogP contribution in [0.5, 0.6) is 23.0 Å². The number of rotatable bonds is 10. The van der Waals surface area contributed by atoms with Crippen LogP contribution < -0.4 is 33.8 Å². The van der Waals surface area contributed by atoms with Gasteiger partial charge in [0.05, 0.1) is 49.8 Å². The molecule has 0 bridgehead atoms. The van der Waals surface area contributed by atoms with Gasteiger partial charge in [-0.25, -0.2) is 9.79 Å². The molecule has 0 N–H and O–H groups in total. The molecule has 0 radical (unpaired) electrons. The van der Waals surface area contributed by atoms with E-state index in [9.17, 15) is 9.59 Å². The Labute approximate surface area is 266 Å². The number of hydrogen-bond acceptors (Lipinski definition) is 9. The summed E-state index contributed by atoms with van der Waals surface area (Å²) in [5, 5.41) is 0. The van der Waals surface area contributed by atoms with Gasteiger partial charge in [-0.2, -0.15) is 0 Å². The minimum Gasteiger partial charge on any atom is -0.493 e. The molecule has 2 heterocycles. The van der Waals surface area contributed by atoms with E-state index in [2.05, 4.69) is 20.9 Å². The number of fused-ring (bicyclic) bond motifs is 1. The molecule has 0 fully saturated rings. The average Bonchev–Trinajstić information content (AvgIpc) is 3.33. The van der Waals surface area contributed by atoms with E-state index in [1.165, 1.54) is 30.1 Å². The van der Waals surface area contributed by atoms with Gasteiger partial charge in [0.15, 0.2) is 27.8 Å². The van der Waals surface area contributed by atoms with Gasteiger partial charge in [-0.05, 0) is 49.2 Å². The molecule has 11 heteroatoms. The predicted molar refractivity (Wildman–Crippen MR) is 171 cm³/mol. The van der Waals surface area contributed by atoms with E-state index in [0.29, 0.717) is 60.2 Å². The zero-order chi connectivity index (χ0) is 31.4. The molecule has 1 aromatic heterocycles. The summed E-state index contributed by atoms with van der Waals surface area (Å²) in [7, 11) is 4.64. The first-order chi connectivity index (χ1) is 21.3. The molecule has 0 spiro atoms. The number of allylic oxidation sites excluding steroid dienone is 1. The second-order valence-electron chi connectivity index (χ2n) is 9.68. The third-order valence-corrected chi connectivity index (χ3v) is 8.73. The maximum Gasteiger partial charge on any atom is 0.338 e. The van der Waals surface area contributed by atoms with Crippen molar-refractivity contribution in [3.8, 4) is 23.0 Å². The summed E-state index contributed by atoms with van der Waals surface area (Å²) in [5.74, 6) is 1.43. The fraction of sp³-hybridized carbons (Fsp3) is 0.242. The van der Waals surface area contributed by atoms with Crippen molar-refractivity contribution < 1.29 is 28.5 Å². The van der Waals surface area contributed by atoms with Gasteiger partial charge in [0.25, 0.3) is 5.56 Å². The number of carbonyl (C=O) groups is 1. The second-order valence-corrected chi connectivity index (χ2v) is 11.5. The van der Waals surface area contributed by atoms with Gasteiger partial charge >= 0.3 is 5.97 Å². The lowest BCUT2D eigenvalue weighted by Gasteiger charge is -2.26. The van der Waals surface area contributed by atoms with E-state index < -0.39 is 12.0 Å². The van der Waals surface area contributed by atoms with Crippen LogP contribution in [0.2, 0.25) is 0 Å². The SMILES string of the molecule is CCOC(=O)C1=C(C)N=c2s/c(=C\c3cccc(OC)c3OCc3ccccc3)c(=O)n2[C@@H]1c1cc(OC)c(OC)cc1Br. The molecule has 44 heavy (non-hydrogen) atoms. The van der Waals surface area contributed by atoms with Crippen LogP contribution in [-0.2, 0) is 16.1 Å². The molecule has 4 aromatic rings. The average molecular weight is 680 g/mol. The second kappa shape index (κ2) is 13.5. The highest BCUT2D eigenvalue weighted by Crippen LogP contribution is 2.41. The van der Waals surface area contributed by atoms with E-state index >= 15 is 0 Å². The lowest BCUT2D eigenvalue weighted by atomic mass is 9.95. The quantitative estimate of drug-likeness (QED) is 0.214. The number of esters is 1. The normalized spacial score (nSPS) is 14.5. The summed E-state index contributed by atoms with van der Waals surface area (Å²) in [6.07, 6.45) is 1.76. The van der Waals surface area contributed by atoms with Crippen molar-refractivity contribution in [3.05, 3.63) is 113 Å². The monoisotopic (exact) mass is 678 g/mol. The molecule has 1 atom stereocenters. The Morgan fingerprint density at radius 3 is 2.39 bits per heavy atom. The van der Waals surface area contributed by atoms with Crippen LogP contribution in [0.4, 0.5) is 0 Å². The van der Waals surface area contributed by atoms with Crippen molar-refractivity contribution in [3.63, 3.8) is 0 Å². The molecule has 228 valence electrons. The molecule has 0 saturated carbocycles. The number of aromatic nitrogens is 1. The van der Waals surface area contributed by atoms with Crippen LogP contribution >= 0.6 is 27.3 Å². The van der Waals surface area contributed by atoms with Gasteiger partial charge in [0, 0.05) is 10.0 Å². The minimum atomic E-state index is -0.847. The number of para-hydroxylation sites is 1. The van der Waals surface area contributed by atoms with Crippen LogP contribution in [0.25, 0.3) is 6.08 Å². The fourth-order valence-electron chi connectivity index (χ4n) is 5.00. The highest BCUT2D eigenvalue weighted by atomic mass is 79.9. The van der Waals surface area contributed by atoms with Gasteiger partial charge in [0.1, 0.15) is 6.61 Å². The molecule has 0 aliphatic carbocycles. The molecule has 0 amide bonds. The van der Waals surface area contributed by atoms with Crippen molar-refractivity contribution in [2.45, 2.75) is 26.5 Å². The lowest BCUT2D eigenvalue weighted by molar-refractivity contribution is -0.139. The Bertz CT molecular complexity index is 1910. The lowest BCUT2D eigenvalue weighted by Crippen LogP contribution is -2.40. The first-order valence-corrected chi connectivity index (χ1v) is 15.4.